The fourth-order valence-corrected chi connectivity index (χ4v) is 5.30. The van der Waals surface area contributed by atoms with E-state index in [4.69, 9.17) is 18.9 Å². The third-order valence-electron chi connectivity index (χ3n) is 8.01. The lowest BCUT2D eigenvalue weighted by Gasteiger charge is -2.08. The minimum Gasteiger partial charge on any atom is -0.465 e. The lowest BCUT2D eigenvalue weighted by atomic mass is 10.2. The molecule has 0 unspecified atom stereocenters. The summed E-state index contributed by atoms with van der Waals surface area (Å²) in [5.41, 5.74) is 5.27. The molecule has 2 heterocycles. The maximum Gasteiger partial charge on any atom is 0.407 e. The SMILES string of the molecule is COC(=O)c1cccc2c1nc(CNC(=O)OCc1ccccc1)n2C.COC(=O)c1cccc2nc(CNC(=O)OCc3ccccc3)n(C)c12. The quantitative estimate of drug-likeness (QED) is 0.136. The Kier molecular flexibility index (Phi) is 12.2. The van der Waals surface area contributed by atoms with Crippen LogP contribution in [0.15, 0.2) is 97.1 Å². The van der Waals surface area contributed by atoms with Crippen LogP contribution in [-0.4, -0.2) is 57.4 Å². The number of imidazole rings is 2. The predicted octanol–water partition coefficient (Wildman–Crippen LogP) is 5.57. The van der Waals surface area contributed by atoms with E-state index in [0.29, 0.717) is 39.3 Å². The van der Waals surface area contributed by atoms with Gasteiger partial charge in [-0.3, -0.25) is 0 Å². The molecule has 268 valence electrons. The van der Waals surface area contributed by atoms with Gasteiger partial charge in [-0.25, -0.2) is 29.1 Å². The Morgan fingerprint density at radius 3 is 1.65 bits per heavy atom. The molecular weight excluding hydrogens is 668 g/mol. The van der Waals surface area contributed by atoms with Crippen molar-refractivity contribution in [2.45, 2.75) is 26.3 Å². The maximum absolute atomic E-state index is 11.9. The summed E-state index contributed by atoms with van der Waals surface area (Å²) in [5, 5.41) is 5.35. The van der Waals surface area contributed by atoms with Crippen LogP contribution >= 0.6 is 0 Å². The highest BCUT2D eigenvalue weighted by atomic mass is 16.6. The summed E-state index contributed by atoms with van der Waals surface area (Å²) in [6, 6.07) is 29.4. The zero-order valence-corrected chi connectivity index (χ0v) is 29.1. The van der Waals surface area contributed by atoms with Crippen molar-refractivity contribution in [3.05, 3.63) is 131 Å². The molecule has 14 nitrogen and oxygen atoms in total. The van der Waals surface area contributed by atoms with Gasteiger partial charge < -0.3 is 38.7 Å². The van der Waals surface area contributed by atoms with Crippen molar-refractivity contribution in [1.82, 2.24) is 29.7 Å². The summed E-state index contributed by atoms with van der Waals surface area (Å²) in [4.78, 5) is 56.5. The van der Waals surface area contributed by atoms with Crippen molar-refractivity contribution in [3.63, 3.8) is 0 Å². The highest BCUT2D eigenvalue weighted by molar-refractivity contribution is 6.03. The second-order valence-electron chi connectivity index (χ2n) is 11.3. The average molecular weight is 707 g/mol. The molecule has 0 aliphatic heterocycles. The summed E-state index contributed by atoms with van der Waals surface area (Å²) < 4.78 is 23.5. The predicted molar refractivity (Wildman–Crippen MR) is 191 cm³/mol. The van der Waals surface area contributed by atoms with Gasteiger partial charge in [-0.15, -0.1) is 0 Å². The molecular formula is C38H38N6O8. The minimum absolute atomic E-state index is 0.180. The van der Waals surface area contributed by atoms with Gasteiger partial charge >= 0.3 is 24.1 Å². The summed E-state index contributed by atoms with van der Waals surface area (Å²) in [5.74, 6) is 0.330. The summed E-state index contributed by atoms with van der Waals surface area (Å²) >= 11 is 0. The van der Waals surface area contributed by atoms with E-state index in [-0.39, 0.29) is 26.3 Å². The van der Waals surface area contributed by atoms with Gasteiger partial charge in [0.15, 0.2) is 0 Å². The second-order valence-corrected chi connectivity index (χ2v) is 11.3. The van der Waals surface area contributed by atoms with Crippen LogP contribution in [0.2, 0.25) is 0 Å². The molecule has 0 fully saturated rings. The minimum atomic E-state index is -0.533. The van der Waals surface area contributed by atoms with Crippen LogP contribution in [0.25, 0.3) is 22.1 Å². The maximum atomic E-state index is 11.9. The Hall–Kier alpha value is -6.70. The van der Waals surface area contributed by atoms with Crippen molar-refractivity contribution in [1.29, 1.82) is 0 Å². The number of benzene rings is 4. The first-order chi connectivity index (χ1) is 25.2. The van der Waals surface area contributed by atoms with Gasteiger partial charge in [0.2, 0.25) is 0 Å². The molecule has 2 N–H and O–H groups in total. The molecule has 0 bridgehead atoms. The van der Waals surface area contributed by atoms with Crippen molar-refractivity contribution < 1.29 is 38.1 Å². The molecule has 0 atom stereocenters. The first-order valence-corrected chi connectivity index (χ1v) is 16.1. The Morgan fingerprint density at radius 2 is 1.10 bits per heavy atom. The van der Waals surface area contributed by atoms with Crippen molar-refractivity contribution in [2.75, 3.05) is 14.2 Å². The van der Waals surface area contributed by atoms with Gasteiger partial charge in [-0.05, 0) is 35.4 Å². The molecule has 0 spiro atoms. The number of hydrogen-bond donors (Lipinski definition) is 2. The average Bonchev–Trinajstić information content (AvgIpc) is 3.69. The number of ether oxygens (including phenoxy) is 4. The number of fused-ring (bicyclic) bond motifs is 2. The van der Waals surface area contributed by atoms with Crippen LogP contribution in [-0.2, 0) is 59.3 Å². The molecule has 4 aromatic carbocycles. The number of nitrogens with zero attached hydrogens (tertiary/aromatic N) is 4. The highest BCUT2D eigenvalue weighted by Crippen LogP contribution is 2.21. The number of amides is 2. The number of para-hydroxylation sites is 2. The van der Waals surface area contributed by atoms with Crippen LogP contribution in [0.1, 0.15) is 43.5 Å². The molecule has 2 amide bonds. The second kappa shape index (κ2) is 17.3. The van der Waals surface area contributed by atoms with Crippen molar-refractivity contribution in [2.24, 2.45) is 14.1 Å². The first kappa shape index (κ1) is 36.6. The van der Waals surface area contributed by atoms with Crippen molar-refractivity contribution in [3.8, 4) is 0 Å². The Labute approximate surface area is 299 Å². The number of hydrogen-bond acceptors (Lipinski definition) is 10. The standard InChI is InChI=1S/2C19H19N3O4/c1-22-15-10-6-9-14(18(23)25-2)17(15)21-16(22)11-20-19(24)26-12-13-7-4-3-5-8-13;1-22-16(11-20-19(24)26-12-13-7-4-3-5-8-13)21-15-10-6-9-14(17(15)22)18(23)25-2/h2*3-10H,11-12H2,1-2H3,(H,20,24). The van der Waals surface area contributed by atoms with E-state index in [9.17, 15) is 19.2 Å². The Bertz CT molecular complexity index is 2120. The largest absolute Gasteiger partial charge is 0.465 e. The van der Waals surface area contributed by atoms with Crippen LogP contribution in [0.4, 0.5) is 9.59 Å². The first-order valence-electron chi connectivity index (χ1n) is 16.1. The van der Waals surface area contributed by atoms with Gasteiger partial charge in [0, 0.05) is 14.1 Å². The number of aromatic nitrogens is 4. The molecule has 0 radical (unpaired) electrons. The number of carbonyl (C=O) groups excluding carboxylic acids is 4. The zero-order chi connectivity index (χ0) is 37.0. The Morgan fingerprint density at radius 1 is 0.596 bits per heavy atom. The fraction of sp³-hybridized carbons (Fsp3) is 0.211. The lowest BCUT2D eigenvalue weighted by Crippen LogP contribution is -2.25. The highest BCUT2D eigenvalue weighted by Gasteiger charge is 2.18. The number of nitrogens with one attached hydrogen (secondary N) is 2. The molecule has 0 aliphatic rings. The number of aryl methyl sites for hydroxylation is 2. The van der Waals surface area contributed by atoms with Crippen molar-refractivity contribution >= 4 is 46.2 Å². The normalized spacial score (nSPS) is 10.5. The van der Waals surface area contributed by atoms with Gasteiger partial charge in [-0.2, -0.15) is 0 Å². The van der Waals surface area contributed by atoms with Gasteiger partial charge in [0.25, 0.3) is 0 Å². The molecule has 52 heavy (non-hydrogen) atoms. The van der Waals surface area contributed by atoms with E-state index in [1.54, 1.807) is 41.9 Å². The smallest absolute Gasteiger partial charge is 0.407 e. The molecule has 2 aromatic heterocycles. The molecule has 14 heteroatoms. The molecule has 0 saturated carbocycles. The van der Waals surface area contributed by atoms with E-state index >= 15 is 0 Å². The molecule has 0 aliphatic carbocycles. The van der Waals surface area contributed by atoms with Crippen LogP contribution < -0.4 is 10.6 Å². The Balaban J connectivity index is 0.000000201. The van der Waals surface area contributed by atoms with Gasteiger partial charge in [0.1, 0.15) is 30.4 Å². The van der Waals surface area contributed by atoms with E-state index in [2.05, 4.69) is 20.6 Å². The van der Waals surface area contributed by atoms with Gasteiger partial charge in [-0.1, -0.05) is 72.8 Å². The summed E-state index contributed by atoms with van der Waals surface area (Å²) in [6.07, 6.45) is -1.07. The molecule has 0 saturated heterocycles. The number of methoxy groups -OCH3 is 2. The summed E-state index contributed by atoms with van der Waals surface area (Å²) in [6.45, 7) is 0.752. The lowest BCUT2D eigenvalue weighted by molar-refractivity contribution is 0.0593. The van der Waals surface area contributed by atoms with Crippen LogP contribution in [0.3, 0.4) is 0 Å². The molecule has 6 aromatic rings. The third kappa shape index (κ3) is 8.90. The van der Waals surface area contributed by atoms with Crippen LogP contribution in [0, 0.1) is 0 Å². The number of rotatable bonds is 10. The third-order valence-corrected chi connectivity index (χ3v) is 8.01. The van der Waals surface area contributed by atoms with Gasteiger partial charge in [0.05, 0.1) is 55.0 Å². The van der Waals surface area contributed by atoms with E-state index in [1.165, 1.54) is 14.2 Å². The number of esters is 2. The van der Waals surface area contributed by atoms with Crippen LogP contribution in [0.5, 0.6) is 0 Å². The summed E-state index contributed by atoms with van der Waals surface area (Å²) in [7, 11) is 6.27. The van der Waals surface area contributed by atoms with E-state index < -0.39 is 24.1 Å². The number of carbonyl (C=O) groups is 4. The zero-order valence-electron chi connectivity index (χ0n) is 29.1. The van der Waals surface area contributed by atoms with E-state index in [0.717, 1.165) is 16.6 Å². The fourth-order valence-electron chi connectivity index (χ4n) is 5.30. The number of alkyl carbamates (subject to hydrolysis) is 2. The topological polar surface area (TPSA) is 165 Å². The monoisotopic (exact) mass is 706 g/mol. The molecule has 6 rings (SSSR count). The van der Waals surface area contributed by atoms with E-state index in [1.807, 2.05) is 78.3 Å².